The maximum atomic E-state index is 7.02. The molecule has 1 spiro atoms. The molecule has 0 fully saturated rings. The maximum Gasteiger partial charge on any atom is 0.160 e. The van der Waals surface area contributed by atoms with E-state index in [0.29, 0.717) is 5.82 Å². The van der Waals surface area contributed by atoms with Crippen molar-refractivity contribution in [3.05, 3.63) is 227 Å². The van der Waals surface area contributed by atoms with Crippen molar-refractivity contribution in [3.63, 3.8) is 0 Å². The van der Waals surface area contributed by atoms with Crippen molar-refractivity contribution in [2.75, 3.05) is 0 Å². The van der Waals surface area contributed by atoms with Crippen LogP contribution in [0.2, 0.25) is 0 Å². The normalized spacial score (nSPS) is 16.0. The first-order valence-corrected chi connectivity index (χ1v) is 20.8. The van der Waals surface area contributed by atoms with Crippen molar-refractivity contribution in [2.45, 2.75) is 24.7 Å². The summed E-state index contributed by atoms with van der Waals surface area (Å²) in [4.78, 5) is 19.8. The summed E-state index contributed by atoms with van der Waals surface area (Å²) in [5.41, 5.74) is 17.3. The molecule has 0 amide bonds. The van der Waals surface area contributed by atoms with Crippen molar-refractivity contribution in [3.8, 4) is 67.8 Å². The number of benzene rings is 6. The Bertz CT molecular complexity index is 3250. The Morgan fingerprint density at radius 1 is 0.426 bits per heavy atom. The fourth-order valence-electron chi connectivity index (χ4n) is 10.0. The summed E-state index contributed by atoms with van der Waals surface area (Å²) in [5, 5.41) is 0. The molecule has 61 heavy (non-hydrogen) atoms. The molecule has 5 heteroatoms. The van der Waals surface area contributed by atoms with Gasteiger partial charge in [-0.1, -0.05) is 135 Å². The van der Waals surface area contributed by atoms with Crippen LogP contribution in [0.1, 0.15) is 58.4 Å². The van der Waals surface area contributed by atoms with Crippen LogP contribution in [0.3, 0.4) is 0 Å². The first-order chi connectivity index (χ1) is 30.0. The zero-order valence-corrected chi connectivity index (χ0v) is 33.7. The molecule has 3 aliphatic rings. The molecule has 1 aliphatic heterocycles. The molecular formula is C56H38N4O. The lowest BCUT2D eigenvalue weighted by molar-refractivity contribution is 0.433. The van der Waals surface area contributed by atoms with Crippen LogP contribution in [0.15, 0.2) is 182 Å². The van der Waals surface area contributed by atoms with E-state index in [-0.39, 0.29) is 5.41 Å². The van der Waals surface area contributed by atoms with Gasteiger partial charge in [-0.05, 0) is 99.1 Å². The van der Waals surface area contributed by atoms with Gasteiger partial charge in [0.2, 0.25) is 0 Å². The van der Waals surface area contributed by atoms with Gasteiger partial charge >= 0.3 is 0 Å². The molecule has 2 aliphatic carbocycles. The predicted molar refractivity (Wildman–Crippen MR) is 244 cm³/mol. The minimum Gasteiger partial charge on any atom is -0.457 e. The summed E-state index contributed by atoms with van der Waals surface area (Å²) < 4.78 is 7.02. The van der Waals surface area contributed by atoms with Gasteiger partial charge in [-0.25, -0.2) is 9.97 Å². The van der Waals surface area contributed by atoms with Crippen LogP contribution < -0.4 is 4.74 Å². The molecule has 288 valence electrons. The SMILES string of the molecule is CC1(C)c2ccccc2-c2cc3c(cc21)Oc1ccccc1C31c2ccccc2C=Cc2ccc(-c3nc(-c4ccccc4)cc(-c4ccc(-c5cccnc5)nc4)n3)cc21. The lowest BCUT2D eigenvalue weighted by atomic mass is 9.61. The van der Waals surface area contributed by atoms with Crippen molar-refractivity contribution in [1.29, 1.82) is 0 Å². The van der Waals surface area contributed by atoms with E-state index in [2.05, 4.69) is 158 Å². The Kier molecular flexibility index (Phi) is 7.72. The van der Waals surface area contributed by atoms with E-state index < -0.39 is 5.41 Å². The minimum atomic E-state index is -0.752. The first kappa shape index (κ1) is 35.2. The summed E-state index contributed by atoms with van der Waals surface area (Å²) in [6.45, 7) is 4.65. The van der Waals surface area contributed by atoms with Gasteiger partial charge in [-0.3, -0.25) is 9.97 Å². The van der Waals surface area contributed by atoms with Gasteiger partial charge in [0.15, 0.2) is 5.82 Å². The van der Waals surface area contributed by atoms with Crippen LogP contribution >= 0.6 is 0 Å². The van der Waals surface area contributed by atoms with Gasteiger partial charge in [0.25, 0.3) is 0 Å². The Hall–Kier alpha value is -7.76. The van der Waals surface area contributed by atoms with Gasteiger partial charge in [0, 0.05) is 57.4 Å². The fraction of sp³-hybridized carbons (Fsp3) is 0.0714. The number of fused-ring (bicyclic) bond motifs is 11. The molecule has 1 atom stereocenters. The highest BCUT2D eigenvalue weighted by Crippen LogP contribution is 2.61. The van der Waals surface area contributed by atoms with E-state index in [1.54, 1.807) is 6.20 Å². The monoisotopic (exact) mass is 782 g/mol. The van der Waals surface area contributed by atoms with Crippen molar-refractivity contribution in [2.24, 2.45) is 0 Å². The smallest absolute Gasteiger partial charge is 0.160 e. The summed E-state index contributed by atoms with van der Waals surface area (Å²) in [6.07, 6.45) is 10.0. The van der Waals surface area contributed by atoms with E-state index in [1.807, 2.05) is 48.8 Å². The molecule has 0 saturated heterocycles. The van der Waals surface area contributed by atoms with Gasteiger partial charge in [-0.15, -0.1) is 0 Å². The van der Waals surface area contributed by atoms with Gasteiger partial charge in [-0.2, -0.15) is 0 Å². The van der Waals surface area contributed by atoms with E-state index in [9.17, 15) is 0 Å². The second-order valence-corrected chi connectivity index (χ2v) is 16.6. The van der Waals surface area contributed by atoms with Crippen molar-refractivity contribution >= 4 is 12.2 Å². The van der Waals surface area contributed by atoms with Gasteiger partial charge < -0.3 is 4.74 Å². The van der Waals surface area contributed by atoms with E-state index >= 15 is 0 Å². The average Bonchev–Trinajstić information content (AvgIpc) is 3.44. The molecule has 12 rings (SSSR count). The van der Waals surface area contributed by atoms with E-state index in [0.717, 1.165) is 78.7 Å². The molecule has 0 N–H and O–H groups in total. The molecule has 3 aromatic heterocycles. The summed E-state index contributed by atoms with van der Waals surface area (Å²) in [7, 11) is 0. The Labute approximate surface area is 354 Å². The summed E-state index contributed by atoms with van der Waals surface area (Å²) in [6, 6.07) is 58.2. The number of hydrogen-bond donors (Lipinski definition) is 0. The third-order valence-corrected chi connectivity index (χ3v) is 12.9. The third-order valence-electron chi connectivity index (χ3n) is 12.9. The Morgan fingerprint density at radius 3 is 1.92 bits per heavy atom. The molecular weight excluding hydrogens is 745 g/mol. The lowest BCUT2D eigenvalue weighted by Crippen LogP contribution is -2.35. The molecule has 0 bridgehead atoms. The number of aromatic nitrogens is 4. The van der Waals surface area contributed by atoms with Crippen LogP contribution in [0.5, 0.6) is 11.5 Å². The zero-order chi connectivity index (χ0) is 40.7. The molecule has 4 heterocycles. The Balaban J connectivity index is 1.12. The fourth-order valence-corrected chi connectivity index (χ4v) is 10.0. The van der Waals surface area contributed by atoms with Gasteiger partial charge in [0.1, 0.15) is 11.5 Å². The van der Waals surface area contributed by atoms with Crippen molar-refractivity contribution in [1.82, 2.24) is 19.9 Å². The average molecular weight is 783 g/mol. The second-order valence-electron chi connectivity index (χ2n) is 16.6. The standard InChI is InChI=1S/C56H38N4O/c1-55(2)44-19-9-7-17-41(44)42-30-48-53(31-47(42)55)61-52-21-11-10-20-45(52)56(48)43-18-8-6-13-35(43)22-23-36-24-25-38(29-46(36)56)54-59-50(37-14-4-3-5-15-37)32-51(60-54)40-26-27-49(58-34-40)39-16-12-28-57-33-39/h3-34H,1-2H3. The zero-order valence-electron chi connectivity index (χ0n) is 33.7. The molecule has 5 nitrogen and oxygen atoms in total. The van der Waals surface area contributed by atoms with Gasteiger partial charge in [0.05, 0.1) is 22.5 Å². The highest BCUT2D eigenvalue weighted by molar-refractivity contribution is 5.89. The number of ether oxygens (including phenoxy) is 1. The molecule has 6 aromatic carbocycles. The lowest BCUT2D eigenvalue weighted by Gasteiger charge is -2.43. The highest BCUT2D eigenvalue weighted by Gasteiger charge is 2.49. The van der Waals surface area contributed by atoms with Crippen molar-refractivity contribution < 1.29 is 4.74 Å². The largest absolute Gasteiger partial charge is 0.457 e. The minimum absolute atomic E-state index is 0.185. The number of para-hydroxylation sites is 1. The maximum absolute atomic E-state index is 7.02. The third kappa shape index (κ3) is 5.33. The van der Waals surface area contributed by atoms with Crippen LogP contribution in [-0.4, -0.2) is 19.9 Å². The van der Waals surface area contributed by atoms with Crippen LogP contribution in [0, 0.1) is 0 Å². The number of hydrogen-bond acceptors (Lipinski definition) is 5. The number of nitrogens with zero attached hydrogens (tertiary/aromatic N) is 4. The number of rotatable bonds is 4. The Morgan fingerprint density at radius 2 is 1.11 bits per heavy atom. The molecule has 1 unspecified atom stereocenters. The predicted octanol–water partition coefficient (Wildman–Crippen LogP) is 13.2. The van der Waals surface area contributed by atoms with E-state index in [4.69, 9.17) is 19.7 Å². The topological polar surface area (TPSA) is 60.8 Å². The summed E-state index contributed by atoms with van der Waals surface area (Å²) >= 11 is 0. The second kappa shape index (κ2) is 13.4. The van der Waals surface area contributed by atoms with Crippen LogP contribution in [0.4, 0.5) is 0 Å². The van der Waals surface area contributed by atoms with Crippen LogP contribution in [0.25, 0.3) is 68.4 Å². The van der Waals surface area contributed by atoms with E-state index in [1.165, 1.54) is 27.8 Å². The summed E-state index contributed by atoms with van der Waals surface area (Å²) in [5.74, 6) is 2.36. The molecule has 9 aromatic rings. The van der Waals surface area contributed by atoms with Crippen LogP contribution in [-0.2, 0) is 10.8 Å². The first-order valence-electron chi connectivity index (χ1n) is 20.8. The molecule has 0 saturated carbocycles. The molecule has 0 radical (unpaired) electrons. The number of pyridine rings is 2. The quantitative estimate of drug-likeness (QED) is 0.178. The highest BCUT2D eigenvalue weighted by atomic mass is 16.5.